The first-order valence-electron chi connectivity index (χ1n) is 5.68. The minimum atomic E-state index is -0.876. The van der Waals surface area contributed by atoms with E-state index in [2.05, 4.69) is 0 Å². The van der Waals surface area contributed by atoms with Crippen molar-refractivity contribution in [2.75, 3.05) is 12.3 Å². The Morgan fingerprint density at radius 1 is 1.50 bits per heavy atom. The number of carbonyl (C=O) groups is 2. The molecule has 0 radical (unpaired) electrons. The highest BCUT2D eigenvalue weighted by Gasteiger charge is 2.18. The first-order chi connectivity index (χ1) is 8.50. The van der Waals surface area contributed by atoms with Gasteiger partial charge < -0.3 is 10.0 Å². The molecule has 1 aromatic rings. The fourth-order valence-corrected chi connectivity index (χ4v) is 3.12. The van der Waals surface area contributed by atoms with Gasteiger partial charge >= 0.3 is 5.97 Å². The Hall–Kier alpha value is -1.01. The van der Waals surface area contributed by atoms with Crippen molar-refractivity contribution in [3.8, 4) is 0 Å². The quantitative estimate of drug-likeness (QED) is 0.783. The zero-order valence-corrected chi connectivity index (χ0v) is 12.1. The lowest BCUT2D eigenvalue weighted by Gasteiger charge is -2.26. The third-order valence-electron chi connectivity index (χ3n) is 2.34. The summed E-state index contributed by atoms with van der Waals surface area (Å²) in [6.45, 7) is 4.07. The topological polar surface area (TPSA) is 57.6 Å². The maximum absolute atomic E-state index is 12.0. The van der Waals surface area contributed by atoms with Gasteiger partial charge in [-0.1, -0.05) is 6.07 Å². The van der Waals surface area contributed by atoms with Crippen LogP contribution in [0.5, 0.6) is 0 Å². The van der Waals surface area contributed by atoms with Gasteiger partial charge in [-0.3, -0.25) is 9.59 Å². The average Bonchev–Trinajstić information content (AvgIpc) is 2.78. The van der Waals surface area contributed by atoms with Crippen molar-refractivity contribution in [3.63, 3.8) is 0 Å². The average molecular weight is 287 g/mol. The van der Waals surface area contributed by atoms with Crippen molar-refractivity contribution in [2.45, 2.75) is 30.5 Å². The molecule has 1 amide bonds. The van der Waals surface area contributed by atoms with Gasteiger partial charge in [-0.05, 0) is 25.3 Å². The van der Waals surface area contributed by atoms with Crippen molar-refractivity contribution >= 4 is 35.0 Å². The fraction of sp³-hybridized carbons (Fsp3) is 0.500. The first kappa shape index (κ1) is 15.0. The van der Waals surface area contributed by atoms with E-state index in [0.29, 0.717) is 5.75 Å². The lowest BCUT2D eigenvalue weighted by atomic mass is 10.3. The molecule has 0 atom stereocenters. The van der Waals surface area contributed by atoms with Gasteiger partial charge in [-0.25, -0.2) is 0 Å². The minimum Gasteiger partial charge on any atom is -0.481 e. The van der Waals surface area contributed by atoms with Gasteiger partial charge in [-0.2, -0.15) is 0 Å². The molecule has 0 saturated carbocycles. The van der Waals surface area contributed by atoms with Crippen molar-refractivity contribution in [1.29, 1.82) is 0 Å². The molecule has 0 aliphatic heterocycles. The van der Waals surface area contributed by atoms with Crippen LogP contribution in [0.2, 0.25) is 0 Å². The molecule has 18 heavy (non-hydrogen) atoms. The van der Waals surface area contributed by atoms with E-state index in [9.17, 15) is 9.59 Å². The molecule has 0 aliphatic carbocycles. The van der Waals surface area contributed by atoms with Crippen LogP contribution in [-0.2, 0) is 9.59 Å². The number of rotatable bonds is 7. The highest BCUT2D eigenvalue weighted by atomic mass is 32.2. The summed E-state index contributed by atoms with van der Waals surface area (Å²) < 4.78 is 1.10. The predicted molar refractivity (Wildman–Crippen MR) is 74.1 cm³/mol. The van der Waals surface area contributed by atoms with Gasteiger partial charge in [0.05, 0.1) is 16.4 Å². The monoisotopic (exact) mass is 287 g/mol. The maximum Gasteiger partial charge on any atom is 0.305 e. The number of nitrogens with zero attached hydrogens (tertiary/aromatic N) is 1. The number of carboxylic acid groups (broad SMARTS) is 1. The molecule has 0 spiro atoms. The van der Waals surface area contributed by atoms with E-state index in [1.54, 1.807) is 16.2 Å². The number of carboxylic acids is 1. The largest absolute Gasteiger partial charge is 0.481 e. The van der Waals surface area contributed by atoms with Crippen LogP contribution in [0.3, 0.4) is 0 Å². The van der Waals surface area contributed by atoms with Crippen LogP contribution in [0.15, 0.2) is 21.7 Å². The van der Waals surface area contributed by atoms with Crippen molar-refractivity contribution in [1.82, 2.24) is 4.90 Å². The van der Waals surface area contributed by atoms with Gasteiger partial charge in [0.25, 0.3) is 0 Å². The van der Waals surface area contributed by atoms with E-state index in [0.717, 1.165) is 4.21 Å². The van der Waals surface area contributed by atoms with Gasteiger partial charge in [0.15, 0.2) is 0 Å². The summed E-state index contributed by atoms with van der Waals surface area (Å²) >= 11 is 3.10. The molecule has 4 nitrogen and oxygen atoms in total. The highest BCUT2D eigenvalue weighted by Crippen LogP contribution is 2.23. The summed E-state index contributed by atoms with van der Waals surface area (Å²) in [5.74, 6) is -0.526. The van der Waals surface area contributed by atoms with Crippen LogP contribution < -0.4 is 0 Å². The molecule has 0 aromatic carbocycles. The van der Waals surface area contributed by atoms with E-state index < -0.39 is 5.97 Å². The molecule has 100 valence electrons. The molecule has 0 unspecified atom stereocenters. The Bertz CT molecular complexity index is 390. The lowest BCUT2D eigenvalue weighted by molar-refractivity contribution is -0.138. The summed E-state index contributed by atoms with van der Waals surface area (Å²) in [5, 5.41) is 10.6. The molecule has 0 fully saturated rings. The summed E-state index contributed by atoms with van der Waals surface area (Å²) in [5.41, 5.74) is 0. The second kappa shape index (κ2) is 7.43. The van der Waals surface area contributed by atoms with Gasteiger partial charge in [0.1, 0.15) is 0 Å². The molecule has 6 heteroatoms. The van der Waals surface area contributed by atoms with Crippen LogP contribution in [0, 0.1) is 0 Å². The molecule has 0 saturated heterocycles. The predicted octanol–water partition coefficient (Wildman–Crippen LogP) is 2.55. The fourth-order valence-electron chi connectivity index (χ4n) is 1.45. The number of hydrogen-bond donors (Lipinski definition) is 1. The Balaban J connectivity index is 2.46. The summed E-state index contributed by atoms with van der Waals surface area (Å²) in [4.78, 5) is 24.2. The number of thiophene rings is 1. The summed E-state index contributed by atoms with van der Waals surface area (Å²) in [6, 6.07) is 3.95. The van der Waals surface area contributed by atoms with E-state index in [1.807, 2.05) is 31.4 Å². The van der Waals surface area contributed by atoms with Crippen LogP contribution in [-0.4, -0.2) is 40.2 Å². The molecular formula is C12H17NO3S2. The number of amides is 1. The zero-order chi connectivity index (χ0) is 13.5. The third kappa shape index (κ3) is 5.10. The number of thioether (sulfide) groups is 1. The highest BCUT2D eigenvalue weighted by molar-refractivity contribution is 8.01. The minimum absolute atomic E-state index is 0.00636. The summed E-state index contributed by atoms with van der Waals surface area (Å²) in [7, 11) is 0. The molecular weight excluding hydrogens is 270 g/mol. The Kier molecular flexibility index (Phi) is 6.21. The first-order valence-corrected chi connectivity index (χ1v) is 7.54. The third-order valence-corrected chi connectivity index (χ3v) is 4.46. The Morgan fingerprint density at radius 3 is 2.72 bits per heavy atom. The second-order valence-corrected chi connectivity index (χ2v) is 6.27. The Labute approximate surface area is 115 Å². The van der Waals surface area contributed by atoms with Crippen LogP contribution in [0.25, 0.3) is 0 Å². The molecule has 1 N–H and O–H groups in total. The SMILES string of the molecule is CC(C)N(CCC(=O)O)C(=O)CSc1cccs1. The molecule has 1 heterocycles. The number of hydrogen-bond acceptors (Lipinski definition) is 4. The van der Waals surface area contributed by atoms with Crippen LogP contribution in [0.1, 0.15) is 20.3 Å². The Morgan fingerprint density at radius 2 is 2.22 bits per heavy atom. The van der Waals surface area contributed by atoms with E-state index in [1.165, 1.54) is 11.8 Å². The van der Waals surface area contributed by atoms with Crippen molar-refractivity contribution in [2.24, 2.45) is 0 Å². The maximum atomic E-state index is 12.0. The standard InChI is InChI=1S/C12H17NO3S2/c1-9(2)13(6-5-11(15)16)10(14)8-18-12-4-3-7-17-12/h3-4,7,9H,5-6,8H2,1-2H3,(H,15,16). The van der Waals surface area contributed by atoms with Crippen molar-refractivity contribution < 1.29 is 14.7 Å². The van der Waals surface area contributed by atoms with Crippen molar-refractivity contribution in [3.05, 3.63) is 17.5 Å². The normalized spacial score (nSPS) is 10.6. The van der Waals surface area contributed by atoms with Gasteiger partial charge in [0.2, 0.25) is 5.91 Å². The number of aliphatic carboxylic acids is 1. The van der Waals surface area contributed by atoms with E-state index in [4.69, 9.17) is 5.11 Å². The second-order valence-electron chi connectivity index (χ2n) is 4.05. The summed E-state index contributed by atoms with van der Waals surface area (Å²) in [6.07, 6.45) is -0.00636. The van der Waals surface area contributed by atoms with Crippen LogP contribution in [0.4, 0.5) is 0 Å². The van der Waals surface area contributed by atoms with E-state index in [-0.39, 0.29) is 24.9 Å². The molecule has 1 rings (SSSR count). The van der Waals surface area contributed by atoms with E-state index >= 15 is 0 Å². The van der Waals surface area contributed by atoms with Crippen LogP contribution >= 0.6 is 23.1 Å². The smallest absolute Gasteiger partial charge is 0.305 e. The molecule has 0 bridgehead atoms. The van der Waals surface area contributed by atoms with Gasteiger partial charge in [-0.15, -0.1) is 23.1 Å². The van der Waals surface area contributed by atoms with Gasteiger partial charge in [0, 0.05) is 12.6 Å². The molecule has 1 aromatic heterocycles. The zero-order valence-electron chi connectivity index (χ0n) is 10.5. The molecule has 0 aliphatic rings. The number of carbonyl (C=O) groups excluding carboxylic acids is 1. The lowest BCUT2D eigenvalue weighted by Crippen LogP contribution is -2.39.